The maximum atomic E-state index is 4.48. The molecule has 1 aliphatic carbocycles. The van der Waals surface area contributed by atoms with Crippen LogP contribution >= 0.6 is 11.8 Å². The molecular weight excluding hydrogens is 216 g/mol. The first-order chi connectivity index (χ1) is 7.88. The Morgan fingerprint density at radius 1 is 1.38 bits per heavy atom. The van der Waals surface area contributed by atoms with E-state index in [1.54, 1.807) is 0 Å². The molecule has 0 amide bonds. The zero-order valence-electron chi connectivity index (χ0n) is 9.91. The van der Waals surface area contributed by atoms with E-state index in [0.717, 1.165) is 12.5 Å². The van der Waals surface area contributed by atoms with Gasteiger partial charge in [0.1, 0.15) is 0 Å². The van der Waals surface area contributed by atoms with Gasteiger partial charge in [0.05, 0.1) is 5.03 Å². The lowest BCUT2D eigenvalue weighted by molar-refractivity contribution is 0.623. The topological polar surface area (TPSA) is 24.9 Å². The molecule has 88 valence electrons. The van der Waals surface area contributed by atoms with Gasteiger partial charge in [0, 0.05) is 18.5 Å². The normalized spacial score (nSPS) is 16.8. The van der Waals surface area contributed by atoms with Crippen molar-refractivity contribution in [1.29, 1.82) is 0 Å². The summed E-state index contributed by atoms with van der Waals surface area (Å²) < 4.78 is 0. The smallest absolute Gasteiger partial charge is 0.0960 e. The van der Waals surface area contributed by atoms with Crippen molar-refractivity contribution >= 4 is 11.8 Å². The van der Waals surface area contributed by atoms with Crippen molar-refractivity contribution in [2.75, 3.05) is 12.8 Å². The van der Waals surface area contributed by atoms with Crippen molar-refractivity contribution in [3.8, 4) is 0 Å². The zero-order chi connectivity index (χ0) is 11.2. The predicted molar refractivity (Wildman–Crippen MR) is 69.7 cm³/mol. The summed E-state index contributed by atoms with van der Waals surface area (Å²) in [6.07, 6.45) is 7.68. The molecule has 1 saturated carbocycles. The Kier molecular flexibility index (Phi) is 4.67. The second-order valence-electron chi connectivity index (χ2n) is 4.50. The Hall–Kier alpha value is -0.540. The Balaban J connectivity index is 1.80. The number of hydrogen-bond donors (Lipinski definition) is 1. The average molecular weight is 236 g/mol. The third-order valence-corrected chi connectivity index (χ3v) is 4.30. The third-order valence-electron chi connectivity index (χ3n) is 3.12. The summed E-state index contributed by atoms with van der Waals surface area (Å²) in [5, 5.41) is 4.31. The molecule has 1 aromatic heterocycles. The fraction of sp³-hybridized carbons (Fsp3) is 0.615. The molecule has 3 heteroatoms. The van der Waals surface area contributed by atoms with Gasteiger partial charge in [-0.1, -0.05) is 18.9 Å². The van der Waals surface area contributed by atoms with Crippen molar-refractivity contribution < 1.29 is 0 Å². The van der Waals surface area contributed by atoms with Crippen LogP contribution in [0.4, 0.5) is 0 Å². The maximum Gasteiger partial charge on any atom is 0.0960 e. The second kappa shape index (κ2) is 6.26. The van der Waals surface area contributed by atoms with Gasteiger partial charge in [-0.3, -0.25) is 0 Å². The predicted octanol–water partition coefficient (Wildman–Crippen LogP) is 3.08. The minimum Gasteiger partial charge on any atom is -0.316 e. The summed E-state index contributed by atoms with van der Waals surface area (Å²) in [7, 11) is 1.96. The van der Waals surface area contributed by atoms with E-state index in [1.807, 2.05) is 25.0 Å². The molecule has 1 N–H and O–H groups in total. The van der Waals surface area contributed by atoms with E-state index in [4.69, 9.17) is 0 Å². The van der Waals surface area contributed by atoms with Gasteiger partial charge < -0.3 is 5.32 Å². The molecule has 1 aliphatic rings. The van der Waals surface area contributed by atoms with E-state index in [0.29, 0.717) is 0 Å². The highest BCUT2D eigenvalue weighted by atomic mass is 32.2. The Morgan fingerprint density at radius 2 is 2.19 bits per heavy atom. The molecule has 0 aliphatic heterocycles. The Bertz CT molecular complexity index is 304. The number of nitrogens with one attached hydrogen (secondary N) is 1. The number of aromatic nitrogens is 1. The Labute approximate surface area is 102 Å². The standard InChI is InChI=1S/C13H20N2S/c1-14-8-12-6-7-13(15-9-12)16-10-11-4-2-3-5-11/h6-7,9,11,14H,2-5,8,10H2,1H3. The van der Waals surface area contributed by atoms with Crippen LogP contribution in [0.1, 0.15) is 31.2 Å². The lowest BCUT2D eigenvalue weighted by atomic mass is 10.1. The number of pyridine rings is 1. The maximum absolute atomic E-state index is 4.48. The summed E-state index contributed by atoms with van der Waals surface area (Å²) in [6, 6.07) is 4.31. The van der Waals surface area contributed by atoms with Crippen LogP contribution in [-0.2, 0) is 6.54 Å². The van der Waals surface area contributed by atoms with E-state index in [2.05, 4.69) is 22.4 Å². The molecule has 1 fully saturated rings. The lowest BCUT2D eigenvalue weighted by Crippen LogP contribution is -2.05. The average Bonchev–Trinajstić information content (AvgIpc) is 2.82. The number of hydrogen-bond acceptors (Lipinski definition) is 3. The van der Waals surface area contributed by atoms with Crippen molar-refractivity contribution in [1.82, 2.24) is 10.3 Å². The molecule has 1 aromatic rings. The van der Waals surface area contributed by atoms with E-state index in [1.165, 1.54) is 42.0 Å². The zero-order valence-corrected chi connectivity index (χ0v) is 10.7. The van der Waals surface area contributed by atoms with Crippen LogP contribution in [0.15, 0.2) is 23.4 Å². The van der Waals surface area contributed by atoms with E-state index in [-0.39, 0.29) is 0 Å². The minimum absolute atomic E-state index is 0.903. The SMILES string of the molecule is CNCc1ccc(SCC2CCCC2)nc1. The molecule has 0 radical (unpaired) electrons. The van der Waals surface area contributed by atoms with E-state index in [9.17, 15) is 0 Å². The first kappa shape index (κ1) is 11.9. The van der Waals surface area contributed by atoms with Crippen molar-refractivity contribution in [2.45, 2.75) is 37.3 Å². The van der Waals surface area contributed by atoms with Gasteiger partial charge in [0.25, 0.3) is 0 Å². The summed E-state index contributed by atoms with van der Waals surface area (Å²) in [6.45, 7) is 0.903. The summed E-state index contributed by atoms with van der Waals surface area (Å²) in [4.78, 5) is 4.48. The van der Waals surface area contributed by atoms with Gasteiger partial charge >= 0.3 is 0 Å². The highest BCUT2D eigenvalue weighted by molar-refractivity contribution is 7.99. The van der Waals surface area contributed by atoms with Crippen molar-refractivity contribution in [3.63, 3.8) is 0 Å². The highest BCUT2D eigenvalue weighted by Crippen LogP contribution is 2.30. The monoisotopic (exact) mass is 236 g/mol. The van der Waals surface area contributed by atoms with Crippen molar-refractivity contribution in [3.05, 3.63) is 23.9 Å². The first-order valence-electron chi connectivity index (χ1n) is 6.11. The number of nitrogens with zero attached hydrogens (tertiary/aromatic N) is 1. The van der Waals surface area contributed by atoms with Crippen LogP contribution in [0.5, 0.6) is 0 Å². The number of rotatable bonds is 5. The Morgan fingerprint density at radius 3 is 2.81 bits per heavy atom. The quantitative estimate of drug-likeness (QED) is 0.795. The molecule has 1 heterocycles. The van der Waals surface area contributed by atoms with Crippen LogP contribution in [0, 0.1) is 5.92 Å². The minimum atomic E-state index is 0.903. The molecule has 0 spiro atoms. The summed E-state index contributed by atoms with van der Waals surface area (Å²) in [5.41, 5.74) is 1.26. The van der Waals surface area contributed by atoms with Gasteiger partial charge in [0.2, 0.25) is 0 Å². The second-order valence-corrected chi connectivity index (χ2v) is 5.54. The van der Waals surface area contributed by atoms with Crippen LogP contribution in [0.3, 0.4) is 0 Å². The van der Waals surface area contributed by atoms with Gasteiger partial charge in [-0.15, -0.1) is 11.8 Å². The molecule has 0 saturated heterocycles. The van der Waals surface area contributed by atoms with Crippen molar-refractivity contribution in [2.24, 2.45) is 5.92 Å². The summed E-state index contributed by atoms with van der Waals surface area (Å²) >= 11 is 1.91. The fourth-order valence-corrected chi connectivity index (χ4v) is 3.22. The number of thioether (sulfide) groups is 1. The van der Waals surface area contributed by atoms with Crippen LogP contribution in [0.2, 0.25) is 0 Å². The molecule has 0 aromatic carbocycles. The van der Waals surface area contributed by atoms with Crippen LogP contribution in [0.25, 0.3) is 0 Å². The van der Waals surface area contributed by atoms with Gasteiger partial charge in [-0.05, 0) is 37.4 Å². The third kappa shape index (κ3) is 3.49. The van der Waals surface area contributed by atoms with Gasteiger partial charge in [-0.25, -0.2) is 4.98 Å². The summed E-state index contributed by atoms with van der Waals surface area (Å²) in [5.74, 6) is 2.18. The molecule has 0 atom stereocenters. The fourth-order valence-electron chi connectivity index (χ4n) is 2.19. The van der Waals surface area contributed by atoms with Crippen LogP contribution in [-0.4, -0.2) is 17.8 Å². The lowest BCUT2D eigenvalue weighted by Gasteiger charge is -2.07. The molecule has 2 nitrogen and oxygen atoms in total. The largest absolute Gasteiger partial charge is 0.316 e. The van der Waals surface area contributed by atoms with E-state index >= 15 is 0 Å². The first-order valence-corrected chi connectivity index (χ1v) is 7.09. The highest BCUT2D eigenvalue weighted by Gasteiger charge is 2.15. The van der Waals surface area contributed by atoms with E-state index < -0.39 is 0 Å². The molecule has 0 bridgehead atoms. The molecular formula is C13H20N2S. The van der Waals surface area contributed by atoms with Gasteiger partial charge in [-0.2, -0.15) is 0 Å². The molecule has 0 unspecified atom stereocenters. The molecule has 2 rings (SSSR count). The molecule has 16 heavy (non-hydrogen) atoms. The van der Waals surface area contributed by atoms with Gasteiger partial charge in [0.15, 0.2) is 0 Å². The van der Waals surface area contributed by atoms with Crippen LogP contribution < -0.4 is 5.32 Å².